The van der Waals surface area contributed by atoms with Gasteiger partial charge < -0.3 is 15.1 Å². The van der Waals surface area contributed by atoms with Crippen LogP contribution in [0.1, 0.15) is 37.7 Å². The van der Waals surface area contributed by atoms with Crippen LogP contribution in [0.15, 0.2) is 30.3 Å². The third-order valence-electron chi connectivity index (χ3n) is 5.94. The molecule has 26 heavy (non-hydrogen) atoms. The first kappa shape index (κ1) is 18.9. The van der Waals surface area contributed by atoms with Crippen LogP contribution in [-0.2, 0) is 16.0 Å². The van der Waals surface area contributed by atoms with Crippen LogP contribution in [0, 0.1) is 5.41 Å². The second-order valence-electron chi connectivity index (χ2n) is 7.85. The topological polar surface area (TPSA) is 52.7 Å². The Kier molecular flexibility index (Phi) is 6.30. The van der Waals surface area contributed by atoms with Crippen molar-refractivity contribution in [3.05, 3.63) is 35.9 Å². The number of carbonyl (C=O) groups excluding carboxylic acids is 2. The van der Waals surface area contributed by atoms with Gasteiger partial charge in [-0.25, -0.2) is 0 Å². The Labute approximate surface area is 156 Å². The van der Waals surface area contributed by atoms with Crippen molar-refractivity contribution in [3.8, 4) is 0 Å². The normalized spacial score (nSPS) is 24.0. The second kappa shape index (κ2) is 8.67. The van der Waals surface area contributed by atoms with Gasteiger partial charge in [-0.3, -0.25) is 9.59 Å². The standard InChI is InChI=1S/C21H31N3O2/c1-22-19(25)10-14-23-13-5-11-21(16-23)12-8-20(26)24(17-21)15-9-18-6-3-2-4-7-18/h2-4,6-7H,5,8-17H2,1H3,(H,22,25). The highest BCUT2D eigenvalue weighted by molar-refractivity contribution is 5.77. The van der Waals surface area contributed by atoms with Gasteiger partial charge in [0.15, 0.2) is 0 Å². The van der Waals surface area contributed by atoms with Gasteiger partial charge in [-0.2, -0.15) is 0 Å². The fourth-order valence-corrected chi connectivity index (χ4v) is 4.43. The summed E-state index contributed by atoms with van der Waals surface area (Å²) in [4.78, 5) is 28.5. The number of carbonyl (C=O) groups is 2. The van der Waals surface area contributed by atoms with Crippen LogP contribution in [0.25, 0.3) is 0 Å². The zero-order valence-electron chi connectivity index (χ0n) is 15.9. The maximum absolute atomic E-state index is 12.4. The lowest BCUT2D eigenvalue weighted by Gasteiger charge is -2.48. The summed E-state index contributed by atoms with van der Waals surface area (Å²) in [7, 11) is 1.69. The van der Waals surface area contributed by atoms with Gasteiger partial charge in [0.2, 0.25) is 11.8 Å². The van der Waals surface area contributed by atoms with E-state index in [1.807, 2.05) is 6.07 Å². The molecule has 142 valence electrons. The third kappa shape index (κ3) is 4.85. The molecule has 1 aromatic carbocycles. The molecule has 2 amide bonds. The predicted molar refractivity (Wildman–Crippen MR) is 103 cm³/mol. The number of hydrogen-bond donors (Lipinski definition) is 1. The molecule has 1 spiro atoms. The maximum Gasteiger partial charge on any atom is 0.222 e. The molecule has 2 saturated heterocycles. The SMILES string of the molecule is CNC(=O)CCN1CCCC2(CCC(=O)N(CCc3ccccc3)C2)C1. The molecule has 0 bridgehead atoms. The molecule has 2 heterocycles. The van der Waals surface area contributed by atoms with Crippen LogP contribution in [0.3, 0.4) is 0 Å². The van der Waals surface area contributed by atoms with Crippen LogP contribution < -0.4 is 5.32 Å². The Morgan fingerprint density at radius 1 is 1.15 bits per heavy atom. The summed E-state index contributed by atoms with van der Waals surface area (Å²) < 4.78 is 0. The van der Waals surface area contributed by atoms with Crippen LogP contribution in [0.5, 0.6) is 0 Å². The van der Waals surface area contributed by atoms with Crippen molar-refractivity contribution in [1.82, 2.24) is 15.1 Å². The van der Waals surface area contributed by atoms with E-state index in [-0.39, 0.29) is 11.3 Å². The Morgan fingerprint density at radius 2 is 1.96 bits per heavy atom. The zero-order valence-corrected chi connectivity index (χ0v) is 15.9. The summed E-state index contributed by atoms with van der Waals surface area (Å²) in [5.74, 6) is 0.405. The van der Waals surface area contributed by atoms with E-state index in [1.165, 1.54) is 12.0 Å². The highest BCUT2D eigenvalue weighted by Crippen LogP contribution is 2.38. The van der Waals surface area contributed by atoms with Gasteiger partial charge in [0.25, 0.3) is 0 Å². The molecule has 2 aliphatic heterocycles. The zero-order chi connectivity index (χ0) is 18.4. The minimum atomic E-state index is 0.105. The van der Waals surface area contributed by atoms with Crippen molar-refractivity contribution in [2.75, 3.05) is 39.8 Å². The lowest BCUT2D eigenvalue weighted by atomic mass is 9.73. The van der Waals surface area contributed by atoms with Crippen molar-refractivity contribution in [3.63, 3.8) is 0 Å². The lowest BCUT2D eigenvalue weighted by Crippen LogP contribution is -2.54. The van der Waals surface area contributed by atoms with Crippen molar-refractivity contribution in [1.29, 1.82) is 0 Å². The average molecular weight is 357 g/mol. The van der Waals surface area contributed by atoms with Gasteiger partial charge in [0.1, 0.15) is 0 Å². The molecule has 0 aliphatic carbocycles. The molecule has 5 nitrogen and oxygen atoms in total. The molecule has 1 N–H and O–H groups in total. The largest absolute Gasteiger partial charge is 0.359 e. The van der Waals surface area contributed by atoms with E-state index in [0.29, 0.717) is 18.7 Å². The molecule has 2 aliphatic rings. The number of piperidine rings is 2. The Hall–Kier alpha value is -1.88. The molecule has 1 unspecified atom stereocenters. The van der Waals surface area contributed by atoms with Crippen molar-refractivity contribution in [2.45, 2.75) is 38.5 Å². The molecule has 0 aromatic heterocycles. The smallest absolute Gasteiger partial charge is 0.222 e. The number of nitrogens with zero attached hydrogens (tertiary/aromatic N) is 2. The molecular formula is C21H31N3O2. The first-order valence-corrected chi connectivity index (χ1v) is 9.85. The number of amides is 2. The molecule has 1 aromatic rings. The Bertz CT molecular complexity index is 619. The van der Waals surface area contributed by atoms with Crippen molar-refractivity contribution < 1.29 is 9.59 Å². The third-order valence-corrected chi connectivity index (χ3v) is 5.94. The first-order chi connectivity index (χ1) is 12.6. The van der Waals surface area contributed by atoms with E-state index >= 15 is 0 Å². The number of hydrogen-bond acceptors (Lipinski definition) is 3. The molecule has 5 heteroatoms. The van der Waals surface area contributed by atoms with E-state index in [2.05, 4.69) is 39.4 Å². The van der Waals surface area contributed by atoms with Gasteiger partial charge in [0.05, 0.1) is 0 Å². The lowest BCUT2D eigenvalue weighted by molar-refractivity contribution is -0.139. The Balaban J connectivity index is 1.57. The highest BCUT2D eigenvalue weighted by Gasteiger charge is 2.41. The van der Waals surface area contributed by atoms with Gasteiger partial charge in [-0.15, -0.1) is 0 Å². The van der Waals surface area contributed by atoms with Gasteiger partial charge in [0, 0.05) is 51.5 Å². The van der Waals surface area contributed by atoms with E-state index < -0.39 is 0 Å². The first-order valence-electron chi connectivity index (χ1n) is 9.85. The van der Waals surface area contributed by atoms with Crippen molar-refractivity contribution >= 4 is 11.8 Å². The van der Waals surface area contributed by atoms with Crippen LogP contribution in [0.4, 0.5) is 0 Å². The molecule has 0 saturated carbocycles. The van der Waals surface area contributed by atoms with Gasteiger partial charge in [-0.05, 0) is 37.8 Å². The van der Waals surface area contributed by atoms with Crippen LogP contribution in [-0.4, -0.2) is 61.4 Å². The minimum absolute atomic E-state index is 0.105. The fraction of sp³-hybridized carbons (Fsp3) is 0.619. The second-order valence-corrected chi connectivity index (χ2v) is 7.85. The molecule has 1 atom stereocenters. The van der Waals surface area contributed by atoms with E-state index in [1.54, 1.807) is 7.05 Å². The van der Waals surface area contributed by atoms with E-state index in [4.69, 9.17) is 0 Å². The van der Waals surface area contributed by atoms with Gasteiger partial charge >= 0.3 is 0 Å². The number of benzene rings is 1. The number of rotatable bonds is 6. The summed E-state index contributed by atoms with van der Waals surface area (Å²) in [6.45, 7) is 4.58. The molecule has 0 radical (unpaired) electrons. The summed E-state index contributed by atoms with van der Waals surface area (Å²) >= 11 is 0. The fourth-order valence-electron chi connectivity index (χ4n) is 4.43. The highest BCUT2D eigenvalue weighted by atomic mass is 16.2. The van der Waals surface area contributed by atoms with Crippen LogP contribution in [0.2, 0.25) is 0 Å². The minimum Gasteiger partial charge on any atom is -0.359 e. The average Bonchev–Trinajstić information content (AvgIpc) is 2.68. The van der Waals surface area contributed by atoms with E-state index in [9.17, 15) is 9.59 Å². The number of nitrogens with one attached hydrogen (secondary N) is 1. The summed E-state index contributed by atoms with van der Waals surface area (Å²) in [6, 6.07) is 10.4. The van der Waals surface area contributed by atoms with E-state index in [0.717, 1.165) is 52.0 Å². The van der Waals surface area contributed by atoms with Gasteiger partial charge in [-0.1, -0.05) is 30.3 Å². The quantitative estimate of drug-likeness (QED) is 0.848. The summed E-state index contributed by atoms with van der Waals surface area (Å²) in [6.07, 6.45) is 5.49. The number of likely N-dealkylation sites (tertiary alicyclic amines) is 2. The predicted octanol–water partition coefficient (Wildman–Crippen LogP) is 2.07. The Morgan fingerprint density at radius 3 is 2.73 bits per heavy atom. The molecule has 3 rings (SSSR count). The summed E-state index contributed by atoms with van der Waals surface area (Å²) in [5, 5.41) is 2.70. The van der Waals surface area contributed by atoms with Crippen molar-refractivity contribution in [2.24, 2.45) is 5.41 Å². The maximum atomic E-state index is 12.4. The molecule has 2 fully saturated rings. The van der Waals surface area contributed by atoms with Crippen LogP contribution >= 0.6 is 0 Å². The molecular weight excluding hydrogens is 326 g/mol. The summed E-state index contributed by atoms with van der Waals surface area (Å²) in [5.41, 5.74) is 1.50. The monoisotopic (exact) mass is 357 g/mol.